The molecule has 1 fully saturated rings. The second kappa shape index (κ2) is 4.93. The molecule has 3 nitrogen and oxygen atoms in total. The minimum absolute atomic E-state index is 0.346. The fourth-order valence-corrected chi connectivity index (χ4v) is 2.35. The molecule has 2 rings (SSSR count). The monoisotopic (exact) mass is 241 g/mol. The Kier molecular flexibility index (Phi) is 3.56. The third-order valence-electron chi connectivity index (χ3n) is 2.94. The Morgan fingerprint density at radius 2 is 2.00 bits per heavy atom. The van der Waals surface area contributed by atoms with Crippen LogP contribution in [0.15, 0.2) is 12.1 Å². The van der Waals surface area contributed by atoms with Gasteiger partial charge in [0.05, 0.1) is 19.2 Å². The van der Waals surface area contributed by atoms with Gasteiger partial charge in [0.15, 0.2) is 0 Å². The van der Waals surface area contributed by atoms with Crippen molar-refractivity contribution in [3.8, 4) is 11.5 Å². The molecular formula is C12H16ClNO2. The van der Waals surface area contributed by atoms with E-state index in [0.717, 1.165) is 24.3 Å². The summed E-state index contributed by atoms with van der Waals surface area (Å²) in [6, 6.07) is 4.12. The number of hydrogen-bond acceptors (Lipinski definition) is 3. The van der Waals surface area contributed by atoms with Gasteiger partial charge in [0.25, 0.3) is 0 Å². The predicted molar refractivity (Wildman–Crippen MR) is 64.5 cm³/mol. The van der Waals surface area contributed by atoms with Crippen molar-refractivity contribution in [3.05, 3.63) is 22.7 Å². The van der Waals surface area contributed by atoms with Crippen LogP contribution >= 0.6 is 11.6 Å². The van der Waals surface area contributed by atoms with Gasteiger partial charge in [-0.05, 0) is 25.5 Å². The average Bonchev–Trinajstić information content (AvgIpc) is 2.82. The van der Waals surface area contributed by atoms with Crippen LogP contribution in [-0.2, 0) is 0 Å². The van der Waals surface area contributed by atoms with Gasteiger partial charge >= 0.3 is 0 Å². The van der Waals surface area contributed by atoms with Gasteiger partial charge in [0.1, 0.15) is 11.5 Å². The molecule has 1 aromatic rings. The number of hydrogen-bond donors (Lipinski definition) is 1. The lowest BCUT2D eigenvalue weighted by Crippen LogP contribution is -2.13. The predicted octanol–water partition coefficient (Wildman–Crippen LogP) is 2.78. The van der Waals surface area contributed by atoms with E-state index >= 15 is 0 Å². The van der Waals surface area contributed by atoms with Gasteiger partial charge < -0.3 is 14.8 Å². The first kappa shape index (κ1) is 11.6. The number of rotatable bonds is 3. The van der Waals surface area contributed by atoms with Crippen molar-refractivity contribution >= 4 is 11.6 Å². The topological polar surface area (TPSA) is 30.5 Å². The smallest absolute Gasteiger partial charge is 0.141 e. The number of ether oxygens (including phenoxy) is 2. The lowest BCUT2D eigenvalue weighted by molar-refractivity contribution is 0.387. The summed E-state index contributed by atoms with van der Waals surface area (Å²) in [6.45, 7) is 1.05. The van der Waals surface area contributed by atoms with Crippen molar-refractivity contribution in [2.45, 2.75) is 18.9 Å². The summed E-state index contributed by atoms with van der Waals surface area (Å²) in [7, 11) is 3.27. The first-order chi connectivity index (χ1) is 7.76. The number of halogens is 1. The maximum absolute atomic E-state index is 6.13. The molecule has 0 amide bonds. The Balaban J connectivity index is 2.39. The molecule has 1 atom stereocenters. The third kappa shape index (κ3) is 2.11. The van der Waals surface area contributed by atoms with Gasteiger partial charge in [0.2, 0.25) is 0 Å². The van der Waals surface area contributed by atoms with Crippen molar-refractivity contribution in [1.82, 2.24) is 5.32 Å². The summed E-state index contributed by atoms with van der Waals surface area (Å²) < 4.78 is 10.5. The zero-order chi connectivity index (χ0) is 11.5. The van der Waals surface area contributed by atoms with Crippen LogP contribution in [0, 0.1) is 0 Å². The second-order valence-electron chi connectivity index (χ2n) is 3.88. The van der Waals surface area contributed by atoms with Crippen LogP contribution in [0.25, 0.3) is 0 Å². The number of benzene rings is 1. The van der Waals surface area contributed by atoms with Crippen molar-refractivity contribution in [1.29, 1.82) is 0 Å². The van der Waals surface area contributed by atoms with Gasteiger partial charge in [-0.2, -0.15) is 0 Å². The average molecular weight is 242 g/mol. The molecule has 4 heteroatoms. The summed E-state index contributed by atoms with van der Waals surface area (Å²) in [5, 5.41) is 4.06. The molecule has 0 aliphatic carbocycles. The summed E-state index contributed by atoms with van der Waals surface area (Å²) >= 11 is 6.13. The van der Waals surface area contributed by atoms with Crippen LogP contribution in [0.5, 0.6) is 11.5 Å². The van der Waals surface area contributed by atoms with Crippen molar-refractivity contribution < 1.29 is 9.47 Å². The van der Waals surface area contributed by atoms with Crippen LogP contribution in [0.2, 0.25) is 5.02 Å². The van der Waals surface area contributed by atoms with E-state index in [-0.39, 0.29) is 0 Å². The van der Waals surface area contributed by atoms with Gasteiger partial charge in [-0.15, -0.1) is 0 Å². The van der Waals surface area contributed by atoms with Crippen LogP contribution in [0.3, 0.4) is 0 Å². The fraction of sp³-hybridized carbons (Fsp3) is 0.500. The lowest BCUT2D eigenvalue weighted by atomic mass is 10.0. The Morgan fingerprint density at radius 3 is 2.56 bits per heavy atom. The zero-order valence-electron chi connectivity index (χ0n) is 9.55. The van der Waals surface area contributed by atoms with Crippen LogP contribution < -0.4 is 14.8 Å². The molecule has 1 aliphatic heterocycles. The molecule has 1 aliphatic rings. The van der Waals surface area contributed by atoms with Crippen LogP contribution in [0.1, 0.15) is 24.4 Å². The standard InChI is InChI=1S/C12H16ClNO2/c1-15-11-7-12(16-2)9(13)6-8(11)10-4-3-5-14-10/h6-7,10,14H,3-5H2,1-2H3. The van der Waals surface area contributed by atoms with E-state index in [0.29, 0.717) is 16.8 Å². The van der Waals surface area contributed by atoms with Crippen molar-refractivity contribution in [2.24, 2.45) is 0 Å². The third-order valence-corrected chi connectivity index (χ3v) is 3.24. The van der Waals surface area contributed by atoms with Crippen LogP contribution in [-0.4, -0.2) is 20.8 Å². The van der Waals surface area contributed by atoms with Gasteiger partial charge in [-0.25, -0.2) is 0 Å². The molecule has 0 radical (unpaired) electrons. The summed E-state index contributed by atoms with van der Waals surface area (Å²) in [5.41, 5.74) is 1.12. The zero-order valence-corrected chi connectivity index (χ0v) is 10.3. The first-order valence-electron chi connectivity index (χ1n) is 5.41. The highest BCUT2D eigenvalue weighted by molar-refractivity contribution is 6.32. The molecule has 0 aromatic heterocycles. The Morgan fingerprint density at radius 1 is 1.25 bits per heavy atom. The van der Waals surface area contributed by atoms with E-state index in [4.69, 9.17) is 21.1 Å². The van der Waals surface area contributed by atoms with E-state index in [1.54, 1.807) is 14.2 Å². The van der Waals surface area contributed by atoms with Gasteiger partial charge in [-0.1, -0.05) is 11.6 Å². The molecular weight excluding hydrogens is 226 g/mol. The highest BCUT2D eigenvalue weighted by Gasteiger charge is 2.21. The SMILES string of the molecule is COc1cc(OC)c(C2CCCN2)cc1Cl. The maximum Gasteiger partial charge on any atom is 0.141 e. The molecule has 1 unspecified atom stereocenters. The first-order valence-corrected chi connectivity index (χ1v) is 5.79. The highest BCUT2D eigenvalue weighted by atomic mass is 35.5. The van der Waals surface area contributed by atoms with Crippen molar-refractivity contribution in [3.63, 3.8) is 0 Å². The molecule has 0 saturated carbocycles. The Bertz CT molecular complexity index is 376. The highest BCUT2D eigenvalue weighted by Crippen LogP contribution is 2.37. The fourth-order valence-electron chi connectivity index (χ4n) is 2.11. The van der Waals surface area contributed by atoms with E-state index in [2.05, 4.69) is 5.32 Å². The molecule has 88 valence electrons. The molecule has 16 heavy (non-hydrogen) atoms. The normalized spacial score (nSPS) is 19.8. The largest absolute Gasteiger partial charge is 0.496 e. The van der Waals surface area contributed by atoms with E-state index < -0.39 is 0 Å². The lowest BCUT2D eigenvalue weighted by Gasteiger charge is -2.17. The maximum atomic E-state index is 6.13. The van der Waals surface area contributed by atoms with E-state index in [1.807, 2.05) is 12.1 Å². The quantitative estimate of drug-likeness (QED) is 0.883. The summed E-state index contributed by atoms with van der Waals surface area (Å²) in [4.78, 5) is 0. The Labute approximate surface area is 101 Å². The molecule has 1 saturated heterocycles. The summed E-state index contributed by atoms with van der Waals surface area (Å²) in [6.07, 6.45) is 2.32. The number of nitrogens with one attached hydrogen (secondary N) is 1. The molecule has 0 bridgehead atoms. The molecule has 1 heterocycles. The van der Waals surface area contributed by atoms with E-state index in [1.165, 1.54) is 6.42 Å². The van der Waals surface area contributed by atoms with Gasteiger partial charge in [-0.3, -0.25) is 0 Å². The number of methoxy groups -OCH3 is 2. The minimum Gasteiger partial charge on any atom is -0.496 e. The van der Waals surface area contributed by atoms with Crippen LogP contribution in [0.4, 0.5) is 0 Å². The summed E-state index contributed by atoms with van der Waals surface area (Å²) in [5.74, 6) is 1.49. The van der Waals surface area contributed by atoms with E-state index in [9.17, 15) is 0 Å². The van der Waals surface area contributed by atoms with Crippen molar-refractivity contribution in [2.75, 3.05) is 20.8 Å². The Hall–Kier alpha value is -0.930. The molecule has 0 spiro atoms. The second-order valence-corrected chi connectivity index (χ2v) is 4.28. The van der Waals surface area contributed by atoms with Gasteiger partial charge in [0, 0.05) is 17.7 Å². The molecule has 1 aromatic carbocycles. The molecule has 1 N–H and O–H groups in total. The minimum atomic E-state index is 0.346.